The number of hydrogen-bond acceptors (Lipinski definition) is 2. The maximum atomic E-state index is 13.2. The number of halogens is 2. The van der Waals surface area contributed by atoms with Crippen LogP contribution in [0.3, 0.4) is 0 Å². The van der Waals surface area contributed by atoms with Crippen LogP contribution in [0.5, 0.6) is 0 Å². The molecule has 1 aromatic carbocycles. The van der Waals surface area contributed by atoms with E-state index >= 15 is 0 Å². The first-order chi connectivity index (χ1) is 12.5. The van der Waals surface area contributed by atoms with Crippen molar-refractivity contribution in [2.45, 2.75) is 33.1 Å². The van der Waals surface area contributed by atoms with Crippen molar-refractivity contribution in [2.75, 3.05) is 26.2 Å². The van der Waals surface area contributed by atoms with Crippen molar-refractivity contribution >= 4 is 29.9 Å². The van der Waals surface area contributed by atoms with Crippen LogP contribution >= 0.6 is 24.0 Å². The van der Waals surface area contributed by atoms with Crippen molar-refractivity contribution in [2.24, 2.45) is 5.41 Å². The van der Waals surface area contributed by atoms with E-state index in [1.165, 1.54) is 6.42 Å². The topological polar surface area (TPSA) is 37.3 Å². The Kier molecular flexibility index (Phi) is 5.90. The first-order valence-electron chi connectivity index (χ1n) is 9.44. The summed E-state index contributed by atoms with van der Waals surface area (Å²) in [4.78, 5) is 15.2. The molecule has 0 saturated carbocycles. The van der Waals surface area contributed by atoms with Crippen molar-refractivity contribution < 1.29 is 4.79 Å². The fourth-order valence-corrected chi connectivity index (χ4v) is 4.67. The number of carbonyl (C=O) groups excluding carboxylic acids is 1. The summed E-state index contributed by atoms with van der Waals surface area (Å²) in [6, 6.07) is 9.78. The minimum atomic E-state index is 0. The van der Waals surface area contributed by atoms with Crippen LogP contribution in [0.25, 0.3) is 5.69 Å². The van der Waals surface area contributed by atoms with Gasteiger partial charge in [0.15, 0.2) is 0 Å². The van der Waals surface area contributed by atoms with Crippen molar-refractivity contribution in [1.82, 2.24) is 14.8 Å². The molecule has 2 saturated heterocycles. The van der Waals surface area contributed by atoms with Gasteiger partial charge in [-0.2, -0.15) is 0 Å². The zero-order valence-corrected chi connectivity index (χ0v) is 17.5. The Hall–Kier alpha value is -1.49. The number of likely N-dealkylation sites (tertiary alicyclic amines) is 1. The summed E-state index contributed by atoms with van der Waals surface area (Å²) in [7, 11) is 0. The van der Waals surface area contributed by atoms with Gasteiger partial charge in [0.05, 0.1) is 5.56 Å². The summed E-state index contributed by atoms with van der Waals surface area (Å²) in [5, 5.41) is 4.20. The van der Waals surface area contributed by atoms with E-state index in [4.69, 9.17) is 11.6 Å². The smallest absolute Gasteiger partial charge is 0.255 e. The van der Waals surface area contributed by atoms with E-state index in [1.807, 2.05) is 49.1 Å². The predicted molar refractivity (Wildman–Crippen MR) is 113 cm³/mol. The minimum absolute atomic E-state index is 0. The molecule has 2 fully saturated rings. The summed E-state index contributed by atoms with van der Waals surface area (Å²) >= 11 is 6.01. The molecule has 0 bridgehead atoms. The Morgan fingerprint density at radius 3 is 2.37 bits per heavy atom. The fourth-order valence-electron chi connectivity index (χ4n) is 4.54. The summed E-state index contributed by atoms with van der Waals surface area (Å²) in [6.45, 7) is 8.04. The minimum Gasteiger partial charge on any atom is -0.339 e. The Labute approximate surface area is 172 Å². The third kappa shape index (κ3) is 3.75. The van der Waals surface area contributed by atoms with E-state index in [2.05, 4.69) is 9.88 Å². The number of amides is 1. The Morgan fingerprint density at radius 2 is 1.78 bits per heavy atom. The number of aryl methyl sites for hydroxylation is 1. The van der Waals surface area contributed by atoms with Gasteiger partial charge in [-0.3, -0.25) is 4.79 Å². The molecule has 0 aliphatic carbocycles. The standard InChI is InChI=1S/C21H26ClN3O.ClH/c1-15-13-19(16(2)25(15)18-5-3-17(22)4-6-18)20(26)24-11-8-21(9-12-24)7-10-23-14-21;/h3-6,13,23H,7-12,14H2,1-2H3;1H. The highest BCUT2D eigenvalue weighted by Crippen LogP contribution is 2.37. The monoisotopic (exact) mass is 407 g/mol. The molecule has 27 heavy (non-hydrogen) atoms. The van der Waals surface area contributed by atoms with E-state index < -0.39 is 0 Å². The number of carbonyl (C=O) groups is 1. The van der Waals surface area contributed by atoms with Gasteiger partial charge in [-0.1, -0.05) is 11.6 Å². The van der Waals surface area contributed by atoms with Crippen LogP contribution in [-0.4, -0.2) is 41.6 Å². The molecule has 0 atom stereocenters. The quantitative estimate of drug-likeness (QED) is 0.801. The van der Waals surface area contributed by atoms with Crippen LogP contribution in [0, 0.1) is 19.3 Å². The lowest BCUT2D eigenvalue weighted by atomic mass is 9.78. The molecule has 2 aliphatic rings. The first-order valence-corrected chi connectivity index (χ1v) is 9.82. The predicted octanol–water partition coefficient (Wildman–Crippen LogP) is 4.39. The molecule has 0 radical (unpaired) electrons. The van der Waals surface area contributed by atoms with Crippen molar-refractivity contribution in [3.05, 3.63) is 52.3 Å². The van der Waals surface area contributed by atoms with Crippen LogP contribution in [0.1, 0.15) is 41.0 Å². The van der Waals surface area contributed by atoms with E-state index in [9.17, 15) is 4.79 Å². The normalized spacial score (nSPS) is 18.6. The molecular weight excluding hydrogens is 381 g/mol. The molecule has 2 aromatic rings. The van der Waals surface area contributed by atoms with Gasteiger partial charge < -0.3 is 14.8 Å². The van der Waals surface area contributed by atoms with Crippen molar-refractivity contribution in [1.29, 1.82) is 0 Å². The molecule has 4 rings (SSSR count). The Morgan fingerprint density at radius 1 is 1.11 bits per heavy atom. The number of aromatic nitrogens is 1. The second-order valence-electron chi connectivity index (χ2n) is 7.82. The van der Waals surface area contributed by atoms with Gasteiger partial charge >= 0.3 is 0 Å². The second kappa shape index (κ2) is 7.86. The van der Waals surface area contributed by atoms with Gasteiger partial charge in [0.1, 0.15) is 0 Å². The van der Waals surface area contributed by atoms with Crippen LogP contribution in [0.4, 0.5) is 0 Å². The maximum absolute atomic E-state index is 13.2. The number of hydrogen-bond donors (Lipinski definition) is 1. The highest BCUT2D eigenvalue weighted by atomic mass is 35.5. The van der Waals surface area contributed by atoms with Crippen LogP contribution in [0.15, 0.2) is 30.3 Å². The van der Waals surface area contributed by atoms with Gasteiger partial charge in [0.2, 0.25) is 0 Å². The van der Waals surface area contributed by atoms with E-state index in [1.54, 1.807) is 0 Å². The highest BCUT2D eigenvalue weighted by Gasteiger charge is 2.38. The molecule has 1 spiro atoms. The van der Waals surface area contributed by atoms with E-state index in [-0.39, 0.29) is 18.3 Å². The largest absolute Gasteiger partial charge is 0.339 e. The average Bonchev–Trinajstić information content (AvgIpc) is 3.21. The van der Waals surface area contributed by atoms with Gasteiger partial charge in [0.25, 0.3) is 5.91 Å². The second-order valence-corrected chi connectivity index (χ2v) is 8.25. The molecule has 3 heterocycles. The molecule has 6 heteroatoms. The number of rotatable bonds is 2. The third-order valence-electron chi connectivity index (χ3n) is 6.19. The van der Waals surface area contributed by atoms with Gasteiger partial charge in [-0.25, -0.2) is 0 Å². The highest BCUT2D eigenvalue weighted by molar-refractivity contribution is 6.30. The van der Waals surface area contributed by atoms with Crippen molar-refractivity contribution in [3.8, 4) is 5.69 Å². The lowest BCUT2D eigenvalue weighted by molar-refractivity contribution is 0.0607. The zero-order valence-electron chi connectivity index (χ0n) is 15.9. The molecule has 1 amide bonds. The maximum Gasteiger partial charge on any atom is 0.255 e. The Bertz CT molecular complexity index is 813. The lowest BCUT2D eigenvalue weighted by Crippen LogP contribution is -2.44. The molecule has 146 valence electrons. The number of piperidine rings is 1. The molecule has 0 unspecified atom stereocenters. The fraction of sp³-hybridized carbons (Fsp3) is 0.476. The van der Waals surface area contributed by atoms with Gasteiger partial charge in [-0.15, -0.1) is 12.4 Å². The third-order valence-corrected chi connectivity index (χ3v) is 6.44. The summed E-state index contributed by atoms with van der Waals surface area (Å²) in [5.41, 5.74) is 4.35. The van der Waals surface area contributed by atoms with Crippen LogP contribution in [-0.2, 0) is 0 Å². The molecule has 4 nitrogen and oxygen atoms in total. The van der Waals surface area contributed by atoms with Crippen molar-refractivity contribution in [3.63, 3.8) is 0 Å². The van der Waals surface area contributed by atoms with Gasteiger partial charge in [0, 0.05) is 41.7 Å². The zero-order chi connectivity index (χ0) is 18.3. The molecule has 2 aliphatic heterocycles. The number of nitrogens with zero attached hydrogens (tertiary/aromatic N) is 2. The molecular formula is C21H27Cl2N3O. The summed E-state index contributed by atoms with van der Waals surface area (Å²) < 4.78 is 2.13. The Balaban J connectivity index is 0.00000210. The summed E-state index contributed by atoms with van der Waals surface area (Å²) in [6.07, 6.45) is 3.48. The first kappa shape index (κ1) is 20.2. The number of benzene rings is 1. The molecule has 1 aromatic heterocycles. The summed E-state index contributed by atoms with van der Waals surface area (Å²) in [5.74, 6) is 0.166. The van der Waals surface area contributed by atoms with E-state index in [0.717, 1.165) is 66.7 Å². The van der Waals surface area contributed by atoms with E-state index in [0.29, 0.717) is 5.41 Å². The lowest BCUT2D eigenvalue weighted by Gasteiger charge is -2.38. The average molecular weight is 408 g/mol. The van der Waals surface area contributed by atoms with Gasteiger partial charge in [-0.05, 0) is 75.4 Å². The molecule has 1 N–H and O–H groups in total. The van der Waals surface area contributed by atoms with Crippen LogP contribution < -0.4 is 5.32 Å². The SMILES string of the molecule is Cc1cc(C(=O)N2CCC3(CCNC3)CC2)c(C)n1-c1ccc(Cl)cc1.Cl. The number of nitrogens with one attached hydrogen (secondary N) is 1. The van der Waals surface area contributed by atoms with Crippen LogP contribution in [0.2, 0.25) is 5.02 Å².